The number of carbonyl (C=O) groups excluding carboxylic acids is 2. The fourth-order valence-electron chi connectivity index (χ4n) is 5.43. The number of fused-ring (bicyclic) bond motifs is 1. The fourth-order valence-corrected chi connectivity index (χ4v) is 5.61. The lowest BCUT2D eigenvalue weighted by Crippen LogP contribution is -2.48. The van der Waals surface area contributed by atoms with E-state index in [1.807, 2.05) is 30.3 Å². The number of piperazine rings is 1. The van der Waals surface area contributed by atoms with Crippen molar-refractivity contribution in [1.29, 1.82) is 0 Å². The minimum absolute atomic E-state index is 0.0694. The maximum absolute atomic E-state index is 14.4. The van der Waals surface area contributed by atoms with Gasteiger partial charge in [0.15, 0.2) is 11.5 Å². The number of anilines is 2. The zero-order valence-corrected chi connectivity index (χ0v) is 24.8. The van der Waals surface area contributed by atoms with Crippen molar-refractivity contribution >= 4 is 40.9 Å². The number of halogens is 2. The molecule has 0 unspecified atom stereocenters. The van der Waals surface area contributed by atoms with Crippen molar-refractivity contribution in [1.82, 2.24) is 10.2 Å². The normalized spacial score (nSPS) is 16.0. The van der Waals surface area contributed by atoms with Crippen LogP contribution in [0.3, 0.4) is 0 Å². The third kappa shape index (κ3) is 6.77. The zero-order chi connectivity index (χ0) is 30.5. The molecule has 1 saturated heterocycles. The van der Waals surface area contributed by atoms with Gasteiger partial charge in [-0.1, -0.05) is 60.1 Å². The number of hydrogen-bond donors (Lipinski definition) is 1. The predicted molar refractivity (Wildman–Crippen MR) is 172 cm³/mol. The van der Waals surface area contributed by atoms with Gasteiger partial charge in [0.2, 0.25) is 0 Å². The summed E-state index contributed by atoms with van der Waals surface area (Å²) in [6.45, 7) is 5.02. The Hall–Kier alpha value is -4.66. The summed E-state index contributed by atoms with van der Waals surface area (Å²) in [5, 5.41) is 3.74. The van der Waals surface area contributed by atoms with E-state index < -0.39 is 0 Å². The molecule has 0 aromatic heterocycles. The Morgan fingerprint density at radius 2 is 1.66 bits per heavy atom. The molecule has 0 saturated carbocycles. The van der Waals surface area contributed by atoms with Crippen molar-refractivity contribution in [3.63, 3.8) is 0 Å². The van der Waals surface area contributed by atoms with Gasteiger partial charge in [0.05, 0.1) is 12.2 Å². The van der Waals surface area contributed by atoms with Crippen molar-refractivity contribution in [3.05, 3.63) is 130 Å². The summed E-state index contributed by atoms with van der Waals surface area (Å²) in [6.07, 6.45) is 1.64. The van der Waals surface area contributed by atoms with Crippen LogP contribution in [0, 0.1) is 5.82 Å². The van der Waals surface area contributed by atoms with E-state index in [9.17, 15) is 14.0 Å². The molecule has 4 aromatic rings. The SMILES string of the molecule is O=C(NCCN1CCN(c2cccc(Cl)c2)CC1)c1ccc(C=C2Oc3ccccc3N(Cc3ccccc3F)C2=O)cc1. The first-order valence-electron chi connectivity index (χ1n) is 14.6. The monoisotopic (exact) mass is 610 g/mol. The molecule has 1 N–H and O–H groups in total. The molecule has 224 valence electrons. The molecule has 2 heterocycles. The van der Waals surface area contributed by atoms with Gasteiger partial charge in [-0.05, 0) is 60.2 Å². The van der Waals surface area contributed by atoms with Gasteiger partial charge >= 0.3 is 0 Å². The number of nitrogens with one attached hydrogen (secondary N) is 1. The second-order valence-corrected chi connectivity index (χ2v) is 11.2. The van der Waals surface area contributed by atoms with Crippen molar-refractivity contribution in [2.75, 3.05) is 49.1 Å². The standard InChI is InChI=1S/C35H32ClFN4O3/c36-28-7-5-8-29(23-28)40-20-18-39(19-21-40)17-16-38-34(42)26-14-12-25(13-15-26)22-33-35(43)41(24-27-6-1-2-9-30(27)37)31-10-3-4-11-32(31)44-33/h1-15,22-23H,16-21,24H2,(H,38,42). The average molecular weight is 611 g/mol. The Morgan fingerprint density at radius 1 is 0.909 bits per heavy atom. The molecule has 2 amide bonds. The number of nitrogens with zero attached hydrogens (tertiary/aromatic N) is 3. The number of ether oxygens (including phenoxy) is 1. The summed E-state index contributed by atoms with van der Waals surface area (Å²) >= 11 is 6.14. The van der Waals surface area contributed by atoms with E-state index in [1.165, 1.54) is 11.0 Å². The molecule has 44 heavy (non-hydrogen) atoms. The molecule has 4 aromatic carbocycles. The molecule has 0 aliphatic carbocycles. The van der Waals surface area contributed by atoms with E-state index in [0.717, 1.165) is 43.4 Å². The molecule has 6 rings (SSSR count). The second kappa shape index (κ2) is 13.3. The van der Waals surface area contributed by atoms with Gasteiger partial charge in [-0.3, -0.25) is 19.4 Å². The van der Waals surface area contributed by atoms with Crippen LogP contribution in [0.5, 0.6) is 5.75 Å². The first-order valence-corrected chi connectivity index (χ1v) is 15.0. The summed E-state index contributed by atoms with van der Waals surface area (Å²) in [7, 11) is 0. The molecule has 0 bridgehead atoms. The predicted octanol–water partition coefficient (Wildman–Crippen LogP) is 6.00. The average Bonchev–Trinajstić information content (AvgIpc) is 3.04. The molecular formula is C35H32ClFN4O3. The van der Waals surface area contributed by atoms with Gasteiger partial charge in [0.1, 0.15) is 5.82 Å². The smallest absolute Gasteiger partial charge is 0.294 e. The Morgan fingerprint density at radius 3 is 2.43 bits per heavy atom. The van der Waals surface area contributed by atoms with Crippen molar-refractivity contribution in [3.8, 4) is 5.75 Å². The van der Waals surface area contributed by atoms with Crippen LogP contribution in [0.4, 0.5) is 15.8 Å². The first-order chi connectivity index (χ1) is 21.4. The number of rotatable bonds is 8. The van der Waals surface area contributed by atoms with Gasteiger partial charge in [0, 0.05) is 61.1 Å². The highest BCUT2D eigenvalue weighted by Gasteiger charge is 2.30. The molecule has 0 atom stereocenters. The quantitative estimate of drug-likeness (QED) is 0.248. The van der Waals surface area contributed by atoms with Crippen molar-refractivity contribution in [2.45, 2.75) is 6.54 Å². The van der Waals surface area contributed by atoms with Crippen LogP contribution in [0.15, 0.2) is 103 Å². The maximum Gasteiger partial charge on any atom is 0.294 e. The third-order valence-corrected chi connectivity index (χ3v) is 8.08. The maximum atomic E-state index is 14.4. The summed E-state index contributed by atoms with van der Waals surface area (Å²) in [5.74, 6) is -0.275. The second-order valence-electron chi connectivity index (χ2n) is 10.7. The molecule has 1 fully saturated rings. The molecule has 2 aliphatic rings. The Bertz CT molecular complexity index is 1690. The molecule has 2 aliphatic heterocycles. The topological polar surface area (TPSA) is 65.1 Å². The Balaban J connectivity index is 1.04. The van der Waals surface area contributed by atoms with E-state index in [4.69, 9.17) is 16.3 Å². The highest BCUT2D eigenvalue weighted by molar-refractivity contribution is 6.30. The summed E-state index contributed by atoms with van der Waals surface area (Å²) in [5.41, 5.74) is 3.35. The largest absolute Gasteiger partial charge is 0.449 e. The first kappa shape index (κ1) is 29.4. The molecule has 9 heteroatoms. The highest BCUT2D eigenvalue weighted by Crippen LogP contribution is 2.36. The summed E-state index contributed by atoms with van der Waals surface area (Å²) in [4.78, 5) is 32.5. The van der Waals surface area contributed by atoms with E-state index in [2.05, 4.69) is 21.2 Å². The lowest BCUT2D eigenvalue weighted by Gasteiger charge is -2.36. The van der Waals surface area contributed by atoms with Crippen LogP contribution in [0.25, 0.3) is 6.08 Å². The van der Waals surface area contributed by atoms with Gasteiger partial charge in [0.25, 0.3) is 11.8 Å². The van der Waals surface area contributed by atoms with Crippen LogP contribution in [0.2, 0.25) is 5.02 Å². The number of carbonyl (C=O) groups is 2. The van der Waals surface area contributed by atoms with Crippen molar-refractivity contribution in [2.24, 2.45) is 0 Å². The minimum atomic E-state index is -0.375. The Labute approximate surface area is 261 Å². The van der Waals surface area contributed by atoms with Gasteiger partial charge in [-0.15, -0.1) is 0 Å². The molecular weight excluding hydrogens is 579 g/mol. The summed E-state index contributed by atoms with van der Waals surface area (Å²) < 4.78 is 20.4. The lowest BCUT2D eigenvalue weighted by atomic mass is 10.1. The van der Waals surface area contributed by atoms with Crippen LogP contribution in [0.1, 0.15) is 21.5 Å². The van der Waals surface area contributed by atoms with Crippen LogP contribution in [-0.2, 0) is 11.3 Å². The van der Waals surface area contributed by atoms with Gasteiger partial charge in [-0.25, -0.2) is 4.39 Å². The van der Waals surface area contributed by atoms with Gasteiger partial charge < -0.3 is 15.0 Å². The minimum Gasteiger partial charge on any atom is -0.449 e. The van der Waals surface area contributed by atoms with E-state index in [-0.39, 0.29) is 29.9 Å². The van der Waals surface area contributed by atoms with E-state index in [1.54, 1.807) is 60.7 Å². The summed E-state index contributed by atoms with van der Waals surface area (Å²) in [6, 6.07) is 28.5. The van der Waals surface area contributed by atoms with Crippen molar-refractivity contribution < 1.29 is 18.7 Å². The molecule has 0 radical (unpaired) electrons. The van der Waals surface area contributed by atoms with Crippen LogP contribution < -0.4 is 19.9 Å². The lowest BCUT2D eigenvalue weighted by molar-refractivity contribution is -0.117. The highest BCUT2D eigenvalue weighted by atomic mass is 35.5. The zero-order valence-electron chi connectivity index (χ0n) is 24.1. The van der Waals surface area contributed by atoms with Crippen LogP contribution in [-0.4, -0.2) is 56.0 Å². The number of hydrogen-bond acceptors (Lipinski definition) is 5. The fraction of sp³-hybridized carbons (Fsp3) is 0.200. The van der Waals surface area contributed by atoms with E-state index >= 15 is 0 Å². The van der Waals surface area contributed by atoms with Gasteiger partial charge in [-0.2, -0.15) is 0 Å². The van der Waals surface area contributed by atoms with E-state index in [0.29, 0.717) is 34.7 Å². The third-order valence-electron chi connectivity index (χ3n) is 7.85. The van der Waals surface area contributed by atoms with Crippen LogP contribution >= 0.6 is 11.6 Å². The number of para-hydroxylation sites is 2. The molecule has 0 spiro atoms. The Kier molecular flexibility index (Phi) is 8.91. The number of benzene rings is 4. The molecule has 7 nitrogen and oxygen atoms in total. The number of amides is 2.